The van der Waals surface area contributed by atoms with Crippen molar-refractivity contribution in [3.63, 3.8) is 0 Å². The minimum Gasteiger partial charge on any atom is -0.496 e. The van der Waals surface area contributed by atoms with Crippen molar-refractivity contribution in [1.82, 2.24) is 0 Å². The molecule has 0 heterocycles. The summed E-state index contributed by atoms with van der Waals surface area (Å²) >= 11 is 0. The summed E-state index contributed by atoms with van der Waals surface area (Å²) in [6, 6.07) is 46.6. The molecule has 0 atom stereocenters. The Bertz CT molecular complexity index is 4630. The normalized spacial score (nSPS) is 11.0. The number of esters is 6. The van der Waals surface area contributed by atoms with Gasteiger partial charge in [-0.1, -0.05) is 121 Å². The highest BCUT2D eigenvalue weighted by molar-refractivity contribution is 6.02. The maximum atomic E-state index is 14.6. The number of hydrogen-bond acceptors (Lipinski definition) is 19. The molecule has 19 heteroatoms. The number of benzene rings is 10. The molecule has 0 N–H and O–H groups in total. The molecule has 105 heavy (non-hydrogen) atoms. The molecule has 0 aromatic heterocycles. The van der Waals surface area contributed by atoms with Gasteiger partial charge in [0.2, 0.25) is 0 Å². The highest BCUT2D eigenvalue weighted by Gasteiger charge is 2.36. The number of carbonyl (C=O) groups excluding carboxylic acids is 6. The van der Waals surface area contributed by atoms with Crippen molar-refractivity contribution in [2.45, 2.75) is 95.3 Å². The van der Waals surface area contributed by atoms with Crippen LogP contribution in [0.25, 0.3) is 0 Å². The van der Waals surface area contributed by atoms with Crippen molar-refractivity contribution in [3.8, 4) is 69.0 Å². The quantitative estimate of drug-likeness (QED) is 0.0405. The third-order valence-electron chi connectivity index (χ3n) is 19.0. The van der Waals surface area contributed by atoms with E-state index in [9.17, 15) is 28.8 Å². The lowest BCUT2D eigenvalue weighted by Crippen LogP contribution is -2.19. The Morgan fingerprint density at radius 2 is 0.486 bits per heavy atom. The molecule has 0 aliphatic heterocycles. The van der Waals surface area contributed by atoms with Crippen LogP contribution in [0.5, 0.6) is 69.0 Å². The lowest BCUT2D eigenvalue weighted by molar-refractivity contribution is 0.0364. The van der Waals surface area contributed by atoms with Crippen molar-refractivity contribution in [3.05, 3.63) is 280 Å². The molecule has 10 aromatic carbocycles. The van der Waals surface area contributed by atoms with Gasteiger partial charge in [0.05, 0.1) is 42.7 Å². The molecule has 10 aromatic rings. The molecular weight excluding hydrogens is 1340 g/mol. The van der Waals surface area contributed by atoms with Gasteiger partial charge in [-0.3, -0.25) is 0 Å². The zero-order chi connectivity index (χ0) is 75.8. The van der Waals surface area contributed by atoms with E-state index >= 15 is 0 Å². The van der Waals surface area contributed by atoms with Crippen molar-refractivity contribution in [2.24, 2.45) is 0 Å². The third-order valence-corrected chi connectivity index (χ3v) is 19.0. The average molecular weight is 1420 g/mol. The third kappa shape index (κ3) is 15.0. The molecule has 0 amide bonds. The molecule has 0 spiro atoms. The van der Waals surface area contributed by atoms with Crippen molar-refractivity contribution in [2.75, 3.05) is 42.7 Å². The predicted molar refractivity (Wildman–Crippen MR) is 395 cm³/mol. The molecule has 0 saturated heterocycles. The molecular formula is C86H82O19. The van der Waals surface area contributed by atoms with Crippen LogP contribution in [0.2, 0.25) is 0 Å². The number of ether oxygens (including phenoxy) is 13. The minimum atomic E-state index is -0.855. The SMILES string of the molecule is COc1ccc(Oc2ccc(OC)c(C(=O)Oc3c(C)c(C)c(C(=O)Oc4c(C)c(C)c(C(=O)OC(c5ccccc5)c5ccccc5)c(OC)c4C)c(OC)c3C)c2)cc1C(=O)Oc1c(C)c(C)c(C(=O)Oc2c(C)c(C)c(C(=O)OC(c3ccccc3)c3ccccc3)c(OC)c2C)c(OC)c1C. The number of methoxy groups -OCH3 is 6. The Hall–Kier alpha value is -12.4. The Balaban J connectivity index is 0.864. The molecule has 540 valence electrons. The topological polar surface area (TPSA) is 222 Å². The van der Waals surface area contributed by atoms with Crippen LogP contribution in [0.3, 0.4) is 0 Å². The van der Waals surface area contributed by atoms with Crippen LogP contribution >= 0.6 is 0 Å². The van der Waals surface area contributed by atoms with Gasteiger partial charge in [0.15, 0.2) is 12.2 Å². The van der Waals surface area contributed by atoms with E-state index in [0.29, 0.717) is 66.8 Å². The second-order valence-electron chi connectivity index (χ2n) is 25.0. The predicted octanol–water partition coefficient (Wildman–Crippen LogP) is 18.0. The maximum absolute atomic E-state index is 14.6. The number of carbonyl (C=O) groups is 6. The maximum Gasteiger partial charge on any atom is 0.347 e. The fourth-order valence-electron chi connectivity index (χ4n) is 13.1. The summed E-state index contributed by atoms with van der Waals surface area (Å²) < 4.78 is 78.6. The molecule has 0 bridgehead atoms. The standard InChI is InChI=1S/C86H82O19/c1-45-49(5)71(53(9)75(95-15)67(45)83(89)102-73-51(7)47(3)69(77(97-17)55(73)11)85(91)104-79(57-31-23-19-24-32-57)58-33-25-20-26-34-58)100-81(87)63-43-61(39-41-65(63)93-13)99-62-40-42-66(94-14)64(44-62)82(88)101-72-50(6)46(2)68(76(96-16)54(72)10)84(90)103-74-52(8)48(4)70(78(98-18)56(74)12)86(92)105-80(59-35-27-21-28-36-59)60-37-29-22-30-38-60/h19-44,79-80H,1-18H3. The summed E-state index contributed by atoms with van der Waals surface area (Å²) in [5.41, 5.74) is 8.33. The second kappa shape index (κ2) is 32.3. The molecule has 0 radical (unpaired) electrons. The first-order valence-electron chi connectivity index (χ1n) is 33.6. The molecule has 0 aliphatic rings. The lowest BCUT2D eigenvalue weighted by atomic mass is 9.95. The van der Waals surface area contributed by atoms with Crippen LogP contribution in [0.1, 0.15) is 163 Å². The molecule has 0 aliphatic carbocycles. The zero-order valence-corrected chi connectivity index (χ0v) is 61.9. The first kappa shape index (κ1) is 75.3. The molecule has 10 rings (SSSR count). The summed E-state index contributed by atoms with van der Waals surface area (Å²) in [7, 11) is 8.40. The summed E-state index contributed by atoms with van der Waals surface area (Å²) in [6.07, 6.45) is -1.47. The van der Waals surface area contributed by atoms with Crippen molar-refractivity contribution in [1.29, 1.82) is 0 Å². The fourth-order valence-corrected chi connectivity index (χ4v) is 13.1. The summed E-state index contributed by atoms with van der Waals surface area (Å²) in [6.45, 7) is 20.3. The minimum absolute atomic E-state index is 0.0462. The Morgan fingerprint density at radius 1 is 0.248 bits per heavy atom. The smallest absolute Gasteiger partial charge is 0.347 e. The zero-order valence-electron chi connectivity index (χ0n) is 61.9. The molecule has 0 fully saturated rings. The van der Waals surface area contributed by atoms with Gasteiger partial charge in [-0.2, -0.15) is 0 Å². The first-order valence-corrected chi connectivity index (χ1v) is 33.6. The van der Waals surface area contributed by atoms with Gasteiger partial charge < -0.3 is 61.6 Å². The average Bonchev–Trinajstić information content (AvgIpc) is 0.772. The van der Waals surface area contributed by atoms with Gasteiger partial charge in [0.25, 0.3) is 0 Å². The van der Waals surface area contributed by atoms with E-state index < -0.39 is 48.0 Å². The highest BCUT2D eigenvalue weighted by atomic mass is 16.6. The monoisotopic (exact) mass is 1420 g/mol. The first-order chi connectivity index (χ1) is 50.3. The van der Waals surface area contributed by atoms with Crippen LogP contribution in [0.15, 0.2) is 158 Å². The summed E-state index contributed by atoms with van der Waals surface area (Å²) in [5.74, 6) is -3.00. The van der Waals surface area contributed by atoms with Gasteiger partial charge in [-0.15, -0.1) is 0 Å². The van der Waals surface area contributed by atoms with E-state index in [1.165, 1.54) is 66.9 Å². The van der Waals surface area contributed by atoms with Gasteiger partial charge >= 0.3 is 35.8 Å². The van der Waals surface area contributed by atoms with Crippen LogP contribution < -0.4 is 52.1 Å². The fraction of sp³-hybridized carbons (Fsp3) is 0.233. The van der Waals surface area contributed by atoms with Crippen LogP contribution in [0, 0.1) is 83.1 Å². The molecule has 0 unspecified atom stereocenters. The van der Waals surface area contributed by atoms with E-state index in [-0.39, 0.29) is 102 Å². The van der Waals surface area contributed by atoms with E-state index in [0.717, 1.165) is 22.3 Å². The Morgan fingerprint density at radius 3 is 0.724 bits per heavy atom. The second-order valence-corrected chi connectivity index (χ2v) is 25.0. The van der Waals surface area contributed by atoms with E-state index in [1.807, 2.05) is 121 Å². The van der Waals surface area contributed by atoms with Crippen molar-refractivity contribution >= 4 is 35.8 Å². The molecule has 0 saturated carbocycles. The lowest BCUT2D eigenvalue weighted by Gasteiger charge is -2.24. The summed E-state index contributed by atoms with van der Waals surface area (Å²) in [5, 5.41) is 0. The molecule has 19 nitrogen and oxygen atoms in total. The van der Waals surface area contributed by atoms with Crippen LogP contribution in [0.4, 0.5) is 0 Å². The van der Waals surface area contributed by atoms with E-state index in [2.05, 4.69) is 0 Å². The number of hydrogen-bond donors (Lipinski definition) is 0. The van der Waals surface area contributed by atoms with Crippen LogP contribution in [-0.2, 0) is 9.47 Å². The van der Waals surface area contributed by atoms with Crippen molar-refractivity contribution < 1.29 is 90.3 Å². The summed E-state index contributed by atoms with van der Waals surface area (Å²) in [4.78, 5) is 87.0. The van der Waals surface area contributed by atoms with Gasteiger partial charge in [0.1, 0.15) is 102 Å². The van der Waals surface area contributed by atoms with Gasteiger partial charge in [-0.05, 0) is 186 Å². The Labute approximate surface area is 610 Å². The largest absolute Gasteiger partial charge is 0.496 e. The van der Waals surface area contributed by atoms with Gasteiger partial charge in [0, 0.05) is 22.3 Å². The van der Waals surface area contributed by atoms with Crippen LogP contribution in [-0.4, -0.2) is 78.5 Å². The Kier molecular flexibility index (Phi) is 23.2. The van der Waals surface area contributed by atoms with E-state index in [1.54, 1.807) is 95.2 Å². The van der Waals surface area contributed by atoms with Gasteiger partial charge in [-0.25, -0.2) is 28.8 Å². The number of rotatable bonds is 24. The van der Waals surface area contributed by atoms with E-state index in [4.69, 9.17) is 61.6 Å². The highest BCUT2D eigenvalue weighted by Crippen LogP contribution is 2.47.